The Labute approximate surface area is 131 Å². The standard InChI is InChI=1S/C17H19NO3S/c1-12(2)13-6-4-8-15(10-13)18-17(19)14-7-5-9-16(11-14)22(3,20)21/h4-12H,1-3H3,(H,18,19). The van der Waals surface area contributed by atoms with Crippen LogP contribution in [-0.4, -0.2) is 20.6 Å². The van der Waals surface area contributed by atoms with E-state index in [0.29, 0.717) is 17.2 Å². The second-order valence-electron chi connectivity index (χ2n) is 5.53. The van der Waals surface area contributed by atoms with E-state index in [1.54, 1.807) is 12.1 Å². The van der Waals surface area contributed by atoms with Crippen molar-refractivity contribution >= 4 is 21.4 Å². The van der Waals surface area contributed by atoms with E-state index in [2.05, 4.69) is 19.2 Å². The monoisotopic (exact) mass is 317 g/mol. The van der Waals surface area contributed by atoms with Crippen LogP contribution in [0.25, 0.3) is 0 Å². The van der Waals surface area contributed by atoms with Crippen LogP contribution in [0.2, 0.25) is 0 Å². The lowest BCUT2D eigenvalue weighted by Crippen LogP contribution is -2.13. The molecule has 116 valence electrons. The van der Waals surface area contributed by atoms with Gasteiger partial charge in [-0.1, -0.05) is 32.0 Å². The average Bonchev–Trinajstić information content (AvgIpc) is 2.46. The molecule has 2 aromatic rings. The van der Waals surface area contributed by atoms with E-state index in [4.69, 9.17) is 0 Å². The van der Waals surface area contributed by atoms with E-state index in [0.717, 1.165) is 11.8 Å². The van der Waals surface area contributed by atoms with Crippen LogP contribution < -0.4 is 5.32 Å². The molecule has 0 aromatic heterocycles. The minimum absolute atomic E-state index is 0.135. The molecule has 2 rings (SSSR count). The summed E-state index contributed by atoms with van der Waals surface area (Å²) in [6.07, 6.45) is 1.12. The molecule has 0 aliphatic heterocycles. The Kier molecular flexibility index (Phi) is 4.66. The van der Waals surface area contributed by atoms with Crippen LogP contribution in [-0.2, 0) is 9.84 Å². The zero-order valence-electron chi connectivity index (χ0n) is 12.8. The number of amides is 1. The van der Waals surface area contributed by atoms with Crippen LogP contribution in [0.3, 0.4) is 0 Å². The highest BCUT2D eigenvalue weighted by atomic mass is 32.2. The number of carbonyl (C=O) groups is 1. The minimum atomic E-state index is -3.33. The first-order valence-corrected chi connectivity index (χ1v) is 8.88. The summed E-state index contributed by atoms with van der Waals surface area (Å²) in [5, 5.41) is 2.80. The maximum absolute atomic E-state index is 12.3. The summed E-state index contributed by atoms with van der Waals surface area (Å²) < 4.78 is 23.1. The predicted octanol–water partition coefficient (Wildman–Crippen LogP) is 3.47. The number of hydrogen-bond acceptors (Lipinski definition) is 3. The molecular weight excluding hydrogens is 298 g/mol. The number of sulfone groups is 1. The fraction of sp³-hybridized carbons (Fsp3) is 0.235. The van der Waals surface area contributed by atoms with Gasteiger partial charge in [0, 0.05) is 17.5 Å². The first-order chi connectivity index (χ1) is 10.3. The number of benzene rings is 2. The molecule has 0 aliphatic rings. The van der Waals surface area contributed by atoms with Gasteiger partial charge in [0.2, 0.25) is 0 Å². The van der Waals surface area contributed by atoms with Gasteiger partial charge in [-0.2, -0.15) is 0 Å². The summed E-state index contributed by atoms with van der Waals surface area (Å²) in [5.41, 5.74) is 2.14. The van der Waals surface area contributed by atoms with Gasteiger partial charge in [-0.05, 0) is 41.8 Å². The molecule has 0 atom stereocenters. The molecule has 1 amide bonds. The van der Waals surface area contributed by atoms with Crippen molar-refractivity contribution in [3.8, 4) is 0 Å². The number of hydrogen-bond donors (Lipinski definition) is 1. The molecule has 1 N–H and O–H groups in total. The summed E-state index contributed by atoms with van der Waals surface area (Å²) in [6.45, 7) is 4.16. The third-order valence-electron chi connectivity index (χ3n) is 3.34. The van der Waals surface area contributed by atoms with Crippen molar-refractivity contribution in [2.75, 3.05) is 11.6 Å². The van der Waals surface area contributed by atoms with Crippen LogP contribution in [0, 0.1) is 0 Å². The third kappa shape index (κ3) is 3.95. The Bertz CT molecular complexity index is 795. The van der Waals surface area contributed by atoms with Crippen LogP contribution in [0.5, 0.6) is 0 Å². The number of anilines is 1. The fourth-order valence-electron chi connectivity index (χ4n) is 2.05. The van der Waals surface area contributed by atoms with Crippen LogP contribution in [0.1, 0.15) is 35.7 Å². The molecule has 0 unspecified atom stereocenters. The lowest BCUT2D eigenvalue weighted by molar-refractivity contribution is 0.102. The highest BCUT2D eigenvalue weighted by molar-refractivity contribution is 7.90. The first-order valence-electron chi connectivity index (χ1n) is 6.99. The molecule has 0 aliphatic carbocycles. The van der Waals surface area contributed by atoms with E-state index in [-0.39, 0.29) is 10.8 Å². The van der Waals surface area contributed by atoms with Gasteiger partial charge in [-0.15, -0.1) is 0 Å². The Morgan fingerprint density at radius 3 is 2.36 bits per heavy atom. The first kappa shape index (κ1) is 16.2. The second-order valence-corrected chi connectivity index (χ2v) is 7.55. The highest BCUT2D eigenvalue weighted by Crippen LogP contribution is 2.19. The lowest BCUT2D eigenvalue weighted by Gasteiger charge is -2.10. The molecule has 0 radical (unpaired) electrons. The Morgan fingerprint density at radius 1 is 1.05 bits per heavy atom. The zero-order valence-corrected chi connectivity index (χ0v) is 13.6. The van der Waals surface area contributed by atoms with E-state index >= 15 is 0 Å². The van der Waals surface area contributed by atoms with E-state index < -0.39 is 9.84 Å². The lowest BCUT2D eigenvalue weighted by atomic mass is 10.0. The van der Waals surface area contributed by atoms with Crippen molar-refractivity contribution in [3.63, 3.8) is 0 Å². The number of rotatable bonds is 4. The molecule has 4 nitrogen and oxygen atoms in total. The van der Waals surface area contributed by atoms with Gasteiger partial charge in [0.25, 0.3) is 5.91 Å². The molecule has 0 bridgehead atoms. The van der Waals surface area contributed by atoms with Gasteiger partial charge in [0.05, 0.1) is 4.90 Å². The summed E-state index contributed by atoms with van der Waals surface area (Å²) in [6, 6.07) is 13.6. The normalized spacial score (nSPS) is 11.5. The van der Waals surface area contributed by atoms with Crippen LogP contribution in [0.4, 0.5) is 5.69 Å². The summed E-state index contributed by atoms with van der Waals surface area (Å²) >= 11 is 0. The summed E-state index contributed by atoms with van der Waals surface area (Å²) in [5.74, 6) is 0.0387. The van der Waals surface area contributed by atoms with Crippen molar-refractivity contribution in [2.45, 2.75) is 24.7 Å². The molecule has 0 saturated carbocycles. The van der Waals surface area contributed by atoms with Gasteiger partial charge in [0.15, 0.2) is 9.84 Å². The number of nitrogens with one attached hydrogen (secondary N) is 1. The van der Waals surface area contributed by atoms with Crippen molar-refractivity contribution in [2.24, 2.45) is 0 Å². The van der Waals surface area contributed by atoms with Crippen LogP contribution in [0.15, 0.2) is 53.4 Å². The molecule has 0 spiro atoms. The van der Waals surface area contributed by atoms with Gasteiger partial charge >= 0.3 is 0 Å². The maximum atomic E-state index is 12.3. The topological polar surface area (TPSA) is 63.2 Å². The smallest absolute Gasteiger partial charge is 0.255 e. The van der Waals surface area contributed by atoms with E-state index in [1.807, 2.05) is 24.3 Å². The third-order valence-corrected chi connectivity index (χ3v) is 4.45. The Hall–Kier alpha value is -2.14. The molecule has 0 fully saturated rings. The Morgan fingerprint density at radius 2 is 1.73 bits per heavy atom. The van der Waals surface area contributed by atoms with E-state index in [1.165, 1.54) is 12.1 Å². The van der Waals surface area contributed by atoms with Crippen molar-refractivity contribution in [3.05, 3.63) is 59.7 Å². The van der Waals surface area contributed by atoms with Gasteiger partial charge < -0.3 is 5.32 Å². The molecular formula is C17H19NO3S. The quantitative estimate of drug-likeness (QED) is 0.939. The predicted molar refractivity (Wildman–Crippen MR) is 88.0 cm³/mol. The highest BCUT2D eigenvalue weighted by Gasteiger charge is 2.12. The van der Waals surface area contributed by atoms with Gasteiger partial charge in [-0.25, -0.2) is 8.42 Å². The van der Waals surface area contributed by atoms with Gasteiger partial charge in [-0.3, -0.25) is 4.79 Å². The molecule has 0 heterocycles. The Balaban J connectivity index is 2.25. The maximum Gasteiger partial charge on any atom is 0.255 e. The summed E-state index contributed by atoms with van der Waals surface area (Å²) in [7, 11) is -3.33. The zero-order chi connectivity index (χ0) is 16.3. The van der Waals surface area contributed by atoms with E-state index in [9.17, 15) is 13.2 Å². The second kappa shape index (κ2) is 6.32. The fourth-order valence-corrected chi connectivity index (χ4v) is 2.71. The summed E-state index contributed by atoms with van der Waals surface area (Å²) in [4.78, 5) is 12.4. The van der Waals surface area contributed by atoms with Crippen LogP contribution >= 0.6 is 0 Å². The SMILES string of the molecule is CC(C)c1cccc(NC(=O)c2cccc(S(C)(=O)=O)c2)c1. The molecule has 0 saturated heterocycles. The average molecular weight is 317 g/mol. The molecule has 5 heteroatoms. The van der Waals surface area contributed by atoms with Crippen molar-refractivity contribution in [1.29, 1.82) is 0 Å². The van der Waals surface area contributed by atoms with Crippen molar-refractivity contribution in [1.82, 2.24) is 0 Å². The number of carbonyl (C=O) groups excluding carboxylic acids is 1. The molecule has 22 heavy (non-hydrogen) atoms. The van der Waals surface area contributed by atoms with Crippen molar-refractivity contribution < 1.29 is 13.2 Å². The van der Waals surface area contributed by atoms with Gasteiger partial charge in [0.1, 0.15) is 0 Å². The largest absolute Gasteiger partial charge is 0.322 e. The minimum Gasteiger partial charge on any atom is -0.322 e. The molecule has 2 aromatic carbocycles.